The van der Waals surface area contributed by atoms with Gasteiger partial charge in [0.15, 0.2) is 0 Å². The number of methoxy groups -OCH3 is 2. The Hall–Kier alpha value is -1.34. The third-order valence-electron chi connectivity index (χ3n) is 4.45. The summed E-state index contributed by atoms with van der Waals surface area (Å²) in [5, 5.41) is 12.0. The van der Waals surface area contributed by atoms with Gasteiger partial charge in [-0.2, -0.15) is 0 Å². The van der Waals surface area contributed by atoms with E-state index in [1.165, 1.54) is 0 Å². The van der Waals surface area contributed by atoms with Gasteiger partial charge in [0.1, 0.15) is 12.2 Å². The number of nitrogens with one attached hydrogen (secondary N) is 1. The average molecular weight is 286 g/mol. The van der Waals surface area contributed by atoms with E-state index in [4.69, 9.17) is 9.47 Å². The van der Waals surface area contributed by atoms with Gasteiger partial charge in [-0.05, 0) is 12.8 Å². The number of amides is 2. The van der Waals surface area contributed by atoms with Crippen molar-refractivity contribution >= 4 is 12.0 Å². The summed E-state index contributed by atoms with van der Waals surface area (Å²) in [6, 6.07) is -0.251. The molecule has 1 saturated carbocycles. The zero-order valence-electron chi connectivity index (χ0n) is 11.9. The van der Waals surface area contributed by atoms with E-state index in [1.807, 2.05) is 0 Å². The molecule has 2 fully saturated rings. The lowest BCUT2D eigenvalue weighted by Crippen LogP contribution is -2.50. The smallest absolute Gasteiger partial charge is 0.317 e. The van der Waals surface area contributed by atoms with Crippen LogP contribution in [-0.2, 0) is 14.3 Å². The van der Waals surface area contributed by atoms with E-state index in [1.54, 1.807) is 19.1 Å². The van der Waals surface area contributed by atoms with Crippen molar-refractivity contribution < 1.29 is 24.2 Å². The van der Waals surface area contributed by atoms with E-state index in [0.717, 1.165) is 6.42 Å². The Bertz CT molecular complexity index is 371. The van der Waals surface area contributed by atoms with Crippen LogP contribution in [0.1, 0.15) is 19.3 Å². The third-order valence-corrected chi connectivity index (χ3v) is 4.45. The summed E-state index contributed by atoms with van der Waals surface area (Å²) in [7, 11) is 3.18. The summed E-state index contributed by atoms with van der Waals surface area (Å²) in [5.41, 5.74) is -0.767. The molecule has 1 heterocycles. The van der Waals surface area contributed by atoms with Gasteiger partial charge in [-0.3, -0.25) is 4.79 Å². The highest BCUT2D eigenvalue weighted by Crippen LogP contribution is 2.40. The van der Waals surface area contributed by atoms with Crippen molar-refractivity contribution in [3.8, 4) is 0 Å². The van der Waals surface area contributed by atoms with Crippen molar-refractivity contribution in [2.24, 2.45) is 5.41 Å². The largest absolute Gasteiger partial charge is 0.481 e. The van der Waals surface area contributed by atoms with E-state index < -0.39 is 11.4 Å². The van der Waals surface area contributed by atoms with E-state index >= 15 is 0 Å². The van der Waals surface area contributed by atoms with Crippen LogP contribution in [0.4, 0.5) is 4.79 Å². The van der Waals surface area contributed by atoms with Crippen LogP contribution in [0.5, 0.6) is 0 Å². The van der Waals surface area contributed by atoms with Crippen LogP contribution in [0.2, 0.25) is 0 Å². The van der Waals surface area contributed by atoms with Crippen molar-refractivity contribution in [2.75, 3.05) is 33.9 Å². The number of carboxylic acid groups (broad SMARTS) is 1. The Morgan fingerprint density at radius 1 is 1.25 bits per heavy atom. The summed E-state index contributed by atoms with van der Waals surface area (Å²) in [4.78, 5) is 24.9. The molecule has 114 valence electrons. The van der Waals surface area contributed by atoms with Gasteiger partial charge in [0.05, 0.1) is 18.5 Å². The Morgan fingerprint density at radius 2 is 1.80 bits per heavy atom. The number of carbonyl (C=O) groups is 2. The summed E-state index contributed by atoms with van der Waals surface area (Å²) in [6.45, 7) is 1.11. The molecule has 0 aromatic heterocycles. The molecule has 2 atom stereocenters. The van der Waals surface area contributed by atoms with E-state index in [9.17, 15) is 14.7 Å². The summed E-state index contributed by atoms with van der Waals surface area (Å²) in [6.07, 6.45) is 1.89. The first-order chi connectivity index (χ1) is 9.52. The Kier molecular flexibility index (Phi) is 4.49. The molecule has 7 heteroatoms. The monoisotopic (exact) mass is 286 g/mol. The van der Waals surface area contributed by atoms with Gasteiger partial charge in [0.25, 0.3) is 0 Å². The van der Waals surface area contributed by atoms with Crippen LogP contribution < -0.4 is 5.32 Å². The summed E-state index contributed by atoms with van der Waals surface area (Å²) < 4.78 is 10.5. The first-order valence-electron chi connectivity index (χ1n) is 6.84. The van der Waals surface area contributed by atoms with Gasteiger partial charge < -0.3 is 24.8 Å². The molecule has 0 aromatic carbocycles. The van der Waals surface area contributed by atoms with Crippen molar-refractivity contribution in [1.82, 2.24) is 10.2 Å². The fourth-order valence-corrected chi connectivity index (χ4v) is 2.79. The predicted molar refractivity (Wildman–Crippen MR) is 70.5 cm³/mol. The molecule has 2 unspecified atom stereocenters. The van der Waals surface area contributed by atoms with E-state index in [-0.39, 0.29) is 24.8 Å². The van der Waals surface area contributed by atoms with Gasteiger partial charge in [-0.1, -0.05) is 6.42 Å². The maximum absolute atomic E-state index is 12.1. The number of urea groups is 1. The highest BCUT2D eigenvalue weighted by Gasteiger charge is 2.45. The van der Waals surface area contributed by atoms with Crippen molar-refractivity contribution in [3.63, 3.8) is 0 Å². The molecule has 1 saturated heterocycles. The van der Waals surface area contributed by atoms with Gasteiger partial charge in [-0.15, -0.1) is 0 Å². The normalized spacial score (nSPS) is 28.0. The second-order valence-electron chi connectivity index (χ2n) is 5.55. The second kappa shape index (κ2) is 5.97. The van der Waals surface area contributed by atoms with Crippen LogP contribution in [0.3, 0.4) is 0 Å². The van der Waals surface area contributed by atoms with Crippen LogP contribution >= 0.6 is 0 Å². The molecular formula is C13H22N2O5. The average Bonchev–Trinajstić information content (AvgIpc) is 2.80. The minimum atomic E-state index is -0.824. The standard InChI is InChI=1S/C13H22N2O5/c1-19-9-6-15(7-10(9)20-2)12(18)14-8-13(11(16)17)4-3-5-13/h9-10H,3-8H2,1-2H3,(H,14,18)(H,16,17). The van der Waals surface area contributed by atoms with E-state index in [2.05, 4.69) is 5.32 Å². The maximum Gasteiger partial charge on any atom is 0.317 e. The molecule has 0 aromatic rings. The number of aliphatic carboxylic acids is 1. The molecule has 2 rings (SSSR count). The number of likely N-dealkylation sites (tertiary alicyclic amines) is 1. The number of nitrogens with zero attached hydrogens (tertiary/aromatic N) is 1. The van der Waals surface area contributed by atoms with Crippen LogP contribution in [0.25, 0.3) is 0 Å². The van der Waals surface area contributed by atoms with Gasteiger partial charge in [0, 0.05) is 20.8 Å². The van der Waals surface area contributed by atoms with Gasteiger partial charge >= 0.3 is 12.0 Å². The summed E-state index contributed by atoms with van der Waals surface area (Å²) >= 11 is 0. The number of ether oxygens (including phenoxy) is 2. The lowest BCUT2D eigenvalue weighted by atomic mass is 9.69. The minimum Gasteiger partial charge on any atom is -0.481 e. The number of rotatable bonds is 5. The SMILES string of the molecule is COC1CN(C(=O)NCC2(C(=O)O)CCC2)CC1OC. The maximum atomic E-state index is 12.1. The first-order valence-corrected chi connectivity index (χ1v) is 6.84. The molecule has 7 nitrogen and oxygen atoms in total. The second-order valence-corrected chi connectivity index (χ2v) is 5.55. The predicted octanol–water partition coefficient (Wildman–Crippen LogP) is 0.297. The van der Waals surface area contributed by atoms with Crippen LogP contribution in [0.15, 0.2) is 0 Å². The van der Waals surface area contributed by atoms with Gasteiger partial charge in [0.2, 0.25) is 0 Å². The molecule has 2 N–H and O–H groups in total. The Balaban J connectivity index is 1.85. The number of hydrogen-bond donors (Lipinski definition) is 2. The summed E-state index contributed by atoms with van der Waals surface area (Å²) in [5.74, 6) is -0.824. The highest BCUT2D eigenvalue weighted by molar-refractivity contribution is 5.79. The lowest BCUT2D eigenvalue weighted by Gasteiger charge is -2.37. The molecule has 2 aliphatic rings. The lowest BCUT2D eigenvalue weighted by molar-refractivity contribution is -0.153. The van der Waals surface area contributed by atoms with E-state index in [0.29, 0.717) is 25.9 Å². The zero-order chi connectivity index (χ0) is 14.8. The zero-order valence-corrected chi connectivity index (χ0v) is 11.9. The number of carboxylic acids is 1. The first kappa shape index (κ1) is 15.1. The number of carbonyl (C=O) groups excluding carboxylic acids is 1. The Morgan fingerprint density at radius 3 is 2.15 bits per heavy atom. The highest BCUT2D eigenvalue weighted by atomic mass is 16.5. The van der Waals surface area contributed by atoms with Gasteiger partial charge in [-0.25, -0.2) is 4.79 Å². The molecule has 1 aliphatic heterocycles. The van der Waals surface area contributed by atoms with Crippen molar-refractivity contribution in [2.45, 2.75) is 31.5 Å². The quantitative estimate of drug-likeness (QED) is 0.758. The molecular weight excluding hydrogens is 264 g/mol. The number of hydrogen-bond acceptors (Lipinski definition) is 4. The fourth-order valence-electron chi connectivity index (χ4n) is 2.79. The van der Waals surface area contributed by atoms with Crippen LogP contribution in [0, 0.1) is 5.41 Å². The molecule has 20 heavy (non-hydrogen) atoms. The van der Waals surface area contributed by atoms with Crippen molar-refractivity contribution in [3.05, 3.63) is 0 Å². The van der Waals surface area contributed by atoms with Crippen LogP contribution in [-0.4, -0.2) is 68.1 Å². The topological polar surface area (TPSA) is 88.1 Å². The Labute approximate surface area is 118 Å². The molecule has 0 spiro atoms. The molecule has 2 amide bonds. The molecule has 0 bridgehead atoms. The molecule has 1 aliphatic carbocycles. The fraction of sp³-hybridized carbons (Fsp3) is 0.846. The van der Waals surface area contributed by atoms with Crippen molar-refractivity contribution in [1.29, 1.82) is 0 Å². The third kappa shape index (κ3) is 2.73. The minimum absolute atomic E-state index is 0.136. The molecule has 0 radical (unpaired) electrons.